The van der Waals surface area contributed by atoms with Crippen molar-refractivity contribution in [3.63, 3.8) is 0 Å². The van der Waals surface area contributed by atoms with Crippen molar-refractivity contribution < 1.29 is 9.47 Å². The van der Waals surface area contributed by atoms with Crippen LogP contribution in [0, 0.1) is 0 Å². The Morgan fingerprint density at radius 1 is 1.30 bits per heavy atom. The van der Waals surface area contributed by atoms with Crippen molar-refractivity contribution in [2.75, 3.05) is 7.11 Å². The molecule has 0 amide bonds. The first-order chi connectivity index (χ1) is 9.86. The largest absolute Gasteiger partial charge is 0.493 e. The molecule has 0 unspecified atom stereocenters. The molecule has 0 spiro atoms. The fraction of sp³-hybridized carbons (Fsp3) is 0.375. The molecule has 2 aromatic rings. The highest BCUT2D eigenvalue weighted by Gasteiger charge is 2.21. The van der Waals surface area contributed by atoms with Gasteiger partial charge in [-0.1, -0.05) is 12.1 Å². The number of nitrogens with one attached hydrogen (secondary N) is 1. The summed E-state index contributed by atoms with van der Waals surface area (Å²) in [5, 5.41) is 7.70. The average Bonchev–Trinajstić information content (AvgIpc) is 3.17. The number of hydrogen-bond donors (Lipinski definition) is 1. The summed E-state index contributed by atoms with van der Waals surface area (Å²) in [6.45, 7) is 1.42. The van der Waals surface area contributed by atoms with Crippen molar-refractivity contribution in [3.8, 4) is 11.5 Å². The standard InChI is InChI=1S/C16H19NO2S/c1-18-15-4-2-3-13(9-17-14-5-6-14)16(15)19-10-12-7-8-20-11-12/h2-4,7-8,11,14,17H,5-6,9-10H2,1H3. The smallest absolute Gasteiger partial charge is 0.166 e. The van der Waals surface area contributed by atoms with Crippen LogP contribution in [0.5, 0.6) is 11.5 Å². The fourth-order valence-corrected chi connectivity index (χ4v) is 2.75. The minimum absolute atomic E-state index is 0.584. The Hall–Kier alpha value is -1.52. The molecule has 1 aliphatic rings. The number of rotatable bonds is 7. The molecule has 3 nitrogen and oxygen atoms in total. The summed E-state index contributed by atoms with van der Waals surface area (Å²) in [5.74, 6) is 1.66. The van der Waals surface area contributed by atoms with Crippen molar-refractivity contribution in [1.29, 1.82) is 0 Å². The van der Waals surface area contributed by atoms with Crippen molar-refractivity contribution in [2.45, 2.75) is 32.0 Å². The molecule has 1 aromatic heterocycles. The second-order valence-corrected chi connectivity index (χ2v) is 5.80. The summed E-state index contributed by atoms with van der Waals surface area (Å²) in [5.41, 5.74) is 2.36. The molecule has 0 bridgehead atoms. The second-order valence-electron chi connectivity index (χ2n) is 5.02. The van der Waals surface area contributed by atoms with Crippen molar-refractivity contribution in [3.05, 3.63) is 46.2 Å². The molecule has 1 N–H and O–H groups in total. The Bertz CT molecular complexity index is 550. The molecule has 0 aliphatic heterocycles. The van der Waals surface area contributed by atoms with Crippen LogP contribution in [-0.4, -0.2) is 13.2 Å². The van der Waals surface area contributed by atoms with Gasteiger partial charge >= 0.3 is 0 Å². The maximum atomic E-state index is 6.00. The molecule has 1 saturated carbocycles. The number of hydrogen-bond acceptors (Lipinski definition) is 4. The fourth-order valence-electron chi connectivity index (χ4n) is 2.10. The third kappa shape index (κ3) is 3.32. The average molecular weight is 289 g/mol. The van der Waals surface area contributed by atoms with E-state index in [-0.39, 0.29) is 0 Å². The van der Waals surface area contributed by atoms with Crippen molar-refractivity contribution >= 4 is 11.3 Å². The Kier molecular flexibility index (Phi) is 4.23. The number of thiophene rings is 1. The van der Waals surface area contributed by atoms with Crippen LogP contribution in [0.2, 0.25) is 0 Å². The van der Waals surface area contributed by atoms with Gasteiger partial charge in [-0.15, -0.1) is 0 Å². The molecule has 4 heteroatoms. The van der Waals surface area contributed by atoms with Crippen LogP contribution in [0.4, 0.5) is 0 Å². The number of benzene rings is 1. The van der Waals surface area contributed by atoms with Gasteiger partial charge in [0.2, 0.25) is 0 Å². The zero-order valence-corrected chi connectivity index (χ0v) is 12.4. The SMILES string of the molecule is COc1cccc(CNC2CC2)c1OCc1ccsc1. The maximum absolute atomic E-state index is 6.00. The molecule has 1 aliphatic carbocycles. The quantitative estimate of drug-likeness (QED) is 0.845. The van der Waals surface area contributed by atoms with E-state index >= 15 is 0 Å². The molecule has 3 rings (SSSR count). The molecule has 0 radical (unpaired) electrons. The molecule has 0 saturated heterocycles. The van der Waals surface area contributed by atoms with Gasteiger partial charge in [-0.2, -0.15) is 11.3 Å². The number of ether oxygens (including phenoxy) is 2. The van der Waals surface area contributed by atoms with E-state index in [2.05, 4.69) is 28.2 Å². The van der Waals surface area contributed by atoms with Gasteiger partial charge in [0.25, 0.3) is 0 Å². The van der Waals surface area contributed by atoms with Gasteiger partial charge in [-0.05, 0) is 41.3 Å². The minimum atomic E-state index is 0.584. The Balaban J connectivity index is 1.73. The normalized spacial score (nSPS) is 14.2. The molecule has 1 fully saturated rings. The third-order valence-electron chi connectivity index (χ3n) is 3.40. The molecule has 1 aromatic carbocycles. The van der Waals surface area contributed by atoms with E-state index in [1.807, 2.05) is 12.1 Å². The predicted octanol–water partition coefficient (Wildman–Crippen LogP) is 3.59. The second kappa shape index (κ2) is 6.29. The monoisotopic (exact) mass is 289 g/mol. The molecular formula is C16H19NO2S. The summed E-state index contributed by atoms with van der Waals surface area (Å²) < 4.78 is 11.4. The summed E-state index contributed by atoms with van der Waals surface area (Å²) in [7, 11) is 1.69. The van der Waals surface area contributed by atoms with Gasteiger partial charge in [0.15, 0.2) is 11.5 Å². The highest BCUT2D eigenvalue weighted by molar-refractivity contribution is 7.07. The minimum Gasteiger partial charge on any atom is -0.493 e. The van der Waals surface area contributed by atoms with Gasteiger partial charge < -0.3 is 14.8 Å². The highest BCUT2D eigenvalue weighted by atomic mass is 32.1. The van der Waals surface area contributed by atoms with E-state index < -0.39 is 0 Å². The van der Waals surface area contributed by atoms with E-state index in [0.717, 1.165) is 23.6 Å². The summed E-state index contributed by atoms with van der Waals surface area (Å²) >= 11 is 1.69. The van der Waals surface area contributed by atoms with E-state index in [9.17, 15) is 0 Å². The van der Waals surface area contributed by atoms with Crippen molar-refractivity contribution in [2.24, 2.45) is 0 Å². The van der Waals surface area contributed by atoms with Crippen LogP contribution in [-0.2, 0) is 13.2 Å². The molecule has 0 atom stereocenters. The predicted molar refractivity (Wildman–Crippen MR) is 81.5 cm³/mol. The zero-order valence-electron chi connectivity index (χ0n) is 11.6. The van der Waals surface area contributed by atoms with Crippen LogP contribution >= 0.6 is 11.3 Å². The number of para-hydroxylation sites is 1. The van der Waals surface area contributed by atoms with Crippen LogP contribution in [0.3, 0.4) is 0 Å². The zero-order chi connectivity index (χ0) is 13.8. The van der Waals surface area contributed by atoms with Gasteiger partial charge in [0.1, 0.15) is 6.61 Å². The summed E-state index contributed by atoms with van der Waals surface area (Å²) in [6, 6.07) is 8.83. The van der Waals surface area contributed by atoms with Gasteiger partial charge in [-0.25, -0.2) is 0 Å². The van der Waals surface area contributed by atoms with Crippen LogP contribution in [0.25, 0.3) is 0 Å². The number of methoxy groups -OCH3 is 1. The van der Waals surface area contributed by atoms with Crippen LogP contribution < -0.4 is 14.8 Å². The Labute approximate surface area is 123 Å². The highest BCUT2D eigenvalue weighted by Crippen LogP contribution is 2.32. The lowest BCUT2D eigenvalue weighted by Gasteiger charge is -2.15. The van der Waals surface area contributed by atoms with E-state index in [1.54, 1.807) is 18.4 Å². The summed E-state index contributed by atoms with van der Waals surface area (Å²) in [4.78, 5) is 0. The Morgan fingerprint density at radius 3 is 2.90 bits per heavy atom. The van der Waals surface area contributed by atoms with Crippen molar-refractivity contribution in [1.82, 2.24) is 5.32 Å². The van der Waals surface area contributed by atoms with Crippen LogP contribution in [0.1, 0.15) is 24.0 Å². The third-order valence-corrected chi connectivity index (χ3v) is 4.13. The molecule has 20 heavy (non-hydrogen) atoms. The van der Waals surface area contributed by atoms with Gasteiger partial charge in [-0.3, -0.25) is 0 Å². The van der Waals surface area contributed by atoms with Crippen LogP contribution in [0.15, 0.2) is 35.0 Å². The van der Waals surface area contributed by atoms with E-state index in [0.29, 0.717) is 12.6 Å². The lowest BCUT2D eigenvalue weighted by Crippen LogP contribution is -2.16. The molecular weight excluding hydrogens is 270 g/mol. The summed E-state index contributed by atoms with van der Waals surface area (Å²) in [6.07, 6.45) is 2.57. The first-order valence-electron chi connectivity index (χ1n) is 6.90. The first-order valence-corrected chi connectivity index (χ1v) is 7.84. The Morgan fingerprint density at radius 2 is 2.20 bits per heavy atom. The molecule has 106 valence electrons. The maximum Gasteiger partial charge on any atom is 0.166 e. The lowest BCUT2D eigenvalue weighted by atomic mass is 10.2. The van der Waals surface area contributed by atoms with E-state index in [4.69, 9.17) is 9.47 Å². The van der Waals surface area contributed by atoms with Gasteiger partial charge in [0.05, 0.1) is 7.11 Å². The first kappa shape index (κ1) is 13.5. The van der Waals surface area contributed by atoms with Gasteiger partial charge in [0, 0.05) is 18.2 Å². The van der Waals surface area contributed by atoms with E-state index in [1.165, 1.54) is 18.4 Å². The topological polar surface area (TPSA) is 30.5 Å². The molecule has 1 heterocycles. The lowest BCUT2D eigenvalue weighted by molar-refractivity contribution is 0.281.